The van der Waals surface area contributed by atoms with E-state index in [9.17, 15) is 10.2 Å². The smallest absolute Gasteiger partial charge is 0.0741 e. The van der Waals surface area contributed by atoms with Crippen LogP contribution in [-0.4, -0.2) is 33.9 Å². The maximum Gasteiger partial charge on any atom is 0.0741 e. The van der Waals surface area contributed by atoms with Gasteiger partial charge in [0.1, 0.15) is 0 Å². The fourth-order valence-electron chi connectivity index (χ4n) is 4.18. The van der Waals surface area contributed by atoms with Crippen LogP contribution in [0.1, 0.15) is 46.5 Å². The van der Waals surface area contributed by atoms with Crippen LogP contribution in [0.25, 0.3) is 0 Å². The molecule has 2 N–H and O–H groups in total. The molecule has 1 heterocycles. The predicted molar refractivity (Wildman–Crippen MR) is 73.2 cm³/mol. The standard InChI is InChI=1S/C14H26O2S/c1-11-6-12(2,3)8-14(16,7-11)13(9-15)4-5-17-10-13/h11,15-16H,4-10H2,1-3H3. The molecular formula is C14H26O2S. The van der Waals surface area contributed by atoms with Crippen LogP contribution in [0.4, 0.5) is 0 Å². The lowest BCUT2D eigenvalue weighted by Crippen LogP contribution is -2.56. The maximum atomic E-state index is 11.2. The largest absolute Gasteiger partial charge is 0.396 e. The van der Waals surface area contributed by atoms with E-state index in [1.165, 1.54) is 6.42 Å². The number of hydrogen-bond acceptors (Lipinski definition) is 3. The fourth-order valence-corrected chi connectivity index (χ4v) is 5.75. The zero-order valence-electron chi connectivity index (χ0n) is 11.3. The Balaban J connectivity index is 2.27. The minimum atomic E-state index is -0.660. The van der Waals surface area contributed by atoms with Crippen molar-refractivity contribution in [2.45, 2.75) is 52.1 Å². The Hall–Kier alpha value is 0.270. The van der Waals surface area contributed by atoms with Crippen LogP contribution in [0.2, 0.25) is 0 Å². The molecule has 0 aromatic rings. The minimum absolute atomic E-state index is 0.138. The van der Waals surface area contributed by atoms with Gasteiger partial charge in [0.25, 0.3) is 0 Å². The molecule has 2 rings (SSSR count). The maximum absolute atomic E-state index is 11.2. The third-order valence-electron chi connectivity index (χ3n) is 4.75. The van der Waals surface area contributed by atoms with Crippen molar-refractivity contribution in [3.05, 3.63) is 0 Å². The van der Waals surface area contributed by atoms with Gasteiger partial charge in [0.15, 0.2) is 0 Å². The van der Waals surface area contributed by atoms with E-state index in [0.717, 1.165) is 30.8 Å². The molecule has 2 nitrogen and oxygen atoms in total. The van der Waals surface area contributed by atoms with Gasteiger partial charge in [-0.1, -0.05) is 20.8 Å². The van der Waals surface area contributed by atoms with Crippen molar-refractivity contribution in [1.82, 2.24) is 0 Å². The van der Waals surface area contributed by atoms with Gasteiger partial charge in [0.05, 0.1) is 12.2 Å². The van der Waals surface area contributed by atoms with Crippen LogP contribution in [0.15, 0.2) is 0 Å². The zero-order valence-corrected chi connectivity index (χ0v) is 12.1. The van der Waals surface area contributed by atoms with Gasteiger partial charge in [0, 0.05) is 11.2 Å². The number of thioether (sulfide) groups is 1. The lowest BCUT2D eigenvalue weighted by molar-refractivity contribution is -0.152. The van der Waals surface area contributed by atoms with E-state index < -0.39 is 5.60 Å². The predicted octanol–water partition coefficient (Wildman–Crippen LogP) is 2.68. The molecule has 1 aliphatic heterocycles. The van der Waals surface area contributed by atoms with Crippen molar-refractivity contribution < 1.29 is 10.2 Å². The summed E-state index contributed by atoms with van der Waals surface area (Å²) in [6.07, 6.45) is 3.85. The molecule has 3 atom stereocenters. The molecule has 1 saturated heterocycles. The van der Waals surface area contributed by atoms with Crippen molar-refractivity contribution in [2.24, 2.45) is 16.7 Å². The Morgan fingerprint density at radius 1 is 1.29 bits per heavy atom. The molecule has 0 radical (unpaired) electrons. The van der Waals surface area contributed by atoms with Gasteiger partial charge in [-0.05, 0) is 42.8 Å². The van der Waals surface area contributed by atoms with Crippen LogP contribution in [0, 0.1) is 16.7 Å². The second kappa shape index (κ2) is 4.43. The molecule has 3 unspecified atom stereocenters. The summed E-state index contributed by atoms with van der Waals surface area (Å²) < 4.78 is 0. The van der Waals surface area contributed by atoms with E-state index in [-0.39, 0.29) is 17.4 Å². The summed E-state index contributed by atoms with van der Waals surface area (Å²) in [6, 6.07) is 0. The first-order valence-electron chi connectivity index (χ1n) is 6.74. The number of rotatable bonds is 2. The van der Waals surface area contributed by atoms with Gasteiger partial charge in [-0.2, -0.15) is 11.8 Å². The third kappa shape index (κ3) is 2.39. The molecule has 0 amide bonds. The zero-order chi connectivity index (χ0) is 12.7. The molecule has 1 saturated carbocycles. The number of hydrogen-bond donors (Lipinski definition) is 2. The summed E-state index contributed by atoms with van der Waals surface area (Å²) in [5, 5.41) is 21.0. The van der Waals surface area contributed by atoms with Crippen LogP contribution in [0.5, 0.6) is 0 Å². The Bertz CT molecular complexity index is 284. The molecular weight excluding hydrogens is 232 g/mol. The van der Waals surface area contributed by atoms with Crippen molar-refractivity contribution in [3.63, 3.8) is 0 Å². The minimum Gasteiger partial charge on any atom is -0.396 e. The van der Waals surface area contributed by atoms with Crippen molar-refractivity contribution in [1.29, 1.82) is 0 Å². The summed E-state index contributed by atoms with van der Waals surface area (Å²) in [6.45, 7) is 6.87. The molecule has 1 aliphatic carbocycles. The highest BCUT2D eigenvalue weighted by molar-refractivity contribution is 7.99. The first-order valence-corrected chi connectivity index (χ1v) is 7.89. The van der Waals surface area contributed by atoms with Crippen LogP contribution in [0.3, 0.4) is 0 Å². The number of aliphatic hydroxyl groups is 2. The van der Waals surface area contributed by atoms with Gasteiger partial charge in [-0.15, -0.1) is 0 Å². The average Bonchev–Trinajstić information content (AvgIpc) is 2.62. The van der Waals surface area contributed by atoms with Gasteiger partial charge in [-0.3, -0.25) is 0 Å². The first kappa shape index (κ1) is 13.7. The lowest BCUT2D eigenvalue weighted by Gasteiger charge is -2.52. The van der Waals surface area contributed by atoms with Crippen LogP contribution < -0.4 is 0 Å². The van der Waals surface area contributed by atoms with Crippen LogP contribution in [-0.2, 0) is 0 Å². The summed E-state index contributed by atoms with van der Waals surface area (Å²) in [5.41, 5.74) is -0.710. The highest BCUT2D eigenvalue weighted by Gasteiger charge is 2.55. The summed E-state index contributed by atoms with van der Waals surface area (Å²) >= 11 is 1.88. The van der Waals surface area contributed by atoms with Gasteiger partial charge >= 0.3 is 0 Å². The monoisotopic (exact) mass is 258 g/mol. The van der Waals surface area contributed by atoms with Gasteiger partial charge in [-0.25, -0.2) is 0 Å². The highest BCUT2D eigenvalue weighted by Crippen LogP contribution is 2.55. The molecule has 0 bridgehead atoms. The van der Waals surface area contributed by atoms with E-state index in [0.29, 0.717) is 5.92 Å². The third-order valence-corrected chi connectivity index (χ3v) is 6.00. The second-order valence-corrected chi connectivity index (χ2v) is 8.23. The van der Waals surface area contributed by atoms with Crippen molar-refractivity contribution >= 4 is 11.8 Å². The van der Waals surface area contributed by atoms with Gasteiger partial charge in [0.2, 0.25) is 0 Å². The highest BCUT2D eigenvalue weighted by atomic mass is 32.2. The van der Waals surface area contributed by atoms with Gasteiger partial charge < -0.3 is 10.2 Å². The molecule has 0 aromatic carbocycles. The topological polar surface area (TPSA) is 40.5 Å². The summed E-state index contributed by atoms with van der Waals surface area (Å²) in [4.78, 5) is 0. The Morgan fingerprint density at radius 2 is 2.00 bits per heavy atom. The first-order chi connectivity index (χ1) is 7.83. The SMILES string of the molecule is CC1CC(C)(C)CC(O)(C2(CO)CCSC2)C1. The molecule has 2 fully saturated rings. The summed E-state index contributed by atoms with van der Waals surface area (Å²) in [7, 11) is 0. The molecule has 17 heavy (non-hydrogen) atoms. The molecule has 2 aliphatic rings. The van der Waals surface area contributed by atoms with E-state index in [4.69, 9.17) is 0 Å². The fraction of sp³-hybridized carbons (Fsp3) is 1.00. The molecule has 3 heteroatoms. The van der Waals surface area contributed by atoms with E-state index in [1.807, 2.05) is 11.8 Å². The average molecular weight is 258 g/mol. The normalized spacial score (nSPS) is 46.1. The second-order valence-electron chi connectivity index (χ2n) is 7.13. The van der Waals surface area contributed by atoms with Crippen molar-refractivity contribution in [3.8, 4) is 0 Å². The van der Waals surface area contributed by atoms with E-state index in [1.54, 1.807) is 0 Å². The quantitative estimate of drug-likeness (QED) is 0.800. The Morgan fingerprint density at radius 3 is 2.47 bits per heavy atom. The van der Waals surface area contributed by atoms with E-state index in [2.05, 4.69) is 20.8 Å². The Kier molecular flexibility index (Phi) is 3.57. The molecule has 0 spiro atoms. The van der Waals surface area contributed by atoms with Crippen LogP contribution >= 0.6 is 11.8 Å². The summed E-state index contributed by atoms with van der Waals surface area (Å²) in [5.74, 6) is 2.55. The lowest BCUT2D eigenvalue weighted by atomic mass is 9.56. The molecule has 0 aromatic heterocycles. The van der Waals surface area contributed by atoms with E-state index >= 15 is 0 Å². The molecule has 100 valence electrons. The van der Waals surface area contributed by atoms with Crippen molar-refractivity contribution in [2.75, 3.05) is 18.1 Å². The number of aliphatic hydroxyl groups excluding tert-OH is 1. The Labute approximate surface area is 109 Å².